The van der Waals surface area contributed by atoms with Crippen molar-refractivity contribution >= 4 is 0 Å². The molecule has 3 rings (SSSR count). The number of ether oxygens (including phenoxy) is 1. The van der Waals surface area contributed by atoms with Gasteiger partial charge in [-0.05, 0) is 49.1 Å². The van der Waals surface area contributed by atoms with E-state index in [0.29, 0.717) is 6.04 Å². The molecule has 2 aromatic rings. The first-order valence-corrected chi connectivity index (χ1v) is 7.94. The molecule has 2 heteroatoms. The molecule has 1 aliphatic rings. The lowest BCUT2D eigenvalue weighted by Gasteiger charge is -2.19. The van der Waals surface area contributed by atoms with Crippen molar-refractivity contribution in [2.75, 3.05) is 13.2 Å². The Morgan fingerprint density at radius 1 is 1.10 bits per heavy atom. The molecule has 1 N–H and O–H groups in total. The van der Waals surface area contributed by atoms with E-state index in [9.17, 15) is 0 Å². The third-order valence-corrected chi connectivity index (χ3v) is 4.03. The van der Waals surface area contributed by atoms with Gasteiger partial charge in [-0.2, -0.15) is 0 Å². The van der Waals surface area contributed by atoms with Gasteiger partial charge >= 0.3 is 0 Å². The first-order chi connectivity index (χ1) is 10.4. The van der Waals surface area contributed by atoms with Gasteiger partial charge in [-0.25, -0.2) is 0 Å². The van der Waals surface area contributed by atoms with Crippen LogP contribution in [0.4, 0.5) is 0 Å². The van der Waals surface area contributed by atoms with Crippen LogP contribution in [0.2, 0.25) is 0 Å². The third-order valence-electron chi connectivity index (χ3n) is 4.03. The van der Waals surface area contributed by atoms with Crippen LogP contribution >= 0.6 is 0 Å². The van der Waals surface area contributed by atoms with Gasteiger partial charge in [0, 0.05) is 11.6 Å². The van der Waals surface area contributed by atoms with Crippen LogP contribution in [0.3, 0.4) is 0 Å². The molecule has 0 amide bonds. The molecule has 0 aliphatic carbocycles. The zero-order valence-electron chi connectivity index (χ0n) is 12.6. The minimum Gasteiger partial charge on any atom is -0.493 e. The van der Waals surface area contributed by atoms with Crippen molar-refractivity contribution in [3.63, 3.8) is 0 Å². The van der Waals surface area contributed by atoms with Crippen LogP contribution in [0, 0.1) is 0 Å². The quantitative estimate of drug-likeness (QED) is 0.886. The van der Waals surface area contributed by atoms with Crippen molar-refractivity contribution in [1.82, 2.24) is 5.32 Å². The SMILES string of the molecule is CCCNC1CCCOc2ccc(-c3ccccc3)cc21. The predicted molar refractivity (Wildman–Crippen MR) is 87.6 cm³/mol. The lowest BCUT2D eigenvalue weighted by atomic mass is 9.96. The number of nitrogens with one attached hydrogen (secondary N) is 1. The van der Waals surface area contributed by atoms with Crippen molar-refractivity contribution < 1.29 is 4.74 Å². The second-order valence-corrected chi connectivity index (χ2v) is 5.62. The highest BCUT2D eigenvalue weighted by Gasteiger charge is 2.19. The highest BCUT2D eigenvalue weighted by atomic mass is 16.5. The summed E-state index contributed by atoms with van der Waals surface area (Å²) in [5.41, 5.74) is 3.84. The van der Waals surface area contributed by atoms with E-state index in [4.69, 9.17) is 4.74 Å². The van der Waals surface area contributed by atoms with Crippen molar-refractivity contribution in [2.45, 2.75) is 32.2 Å². The highest BCUT2D eigenvalue weighted by molar-refractivity contribution is 5.66. The molecule has 1 heterocycles. The number of rotatable bonds is 4. The Balaban J connectivity index is 1.95. The molecular weight excluding hydrogens is 258 g/mol. The van der Waals surface area contributed by atoms with Crippen molar-refractivity contribution in [3.8, 4) is 16.9 Å². The average molecular weight is 281 g/mol. The topological polar surface area (TPSA) is 21.3 Å². The summed E-state index contributed by atoms with van der Waals surface area (Å²) in [4.78, 5) is 0. The van der Waals surface area contributed by atoms with Crippen LogP contribution in [-0.2, 0) is 0 Å². The molecule has 0 spiro atoms. The molecule has 1 aliphatic heterocycles. The molecular formula is C19H23NO. The first kappa shape index (κ1) is 14.2. The van der Waals surface area contributed by atoms with E-state index in [1.807, 2.05) is 0 Å². The summed E-state index contributed by atoms with van der Waals surface area (Å²) in [6.45, 7) is 4.09. The Hall–Kier alpha value is -1.80. The summed E-state index contributed by atoms with van der Waals surface area (Å²) in [5.74, 6) is 1.04. The van der Waals surface area contributed by atoms with Crippen LogP contribution in [0.15, 0.2) is 48.5 Å². The normalized spacial score (nSPS) is 17.7. The summed E-state index contributed by atoms with van der Waals surface area (Å²) in [6, 6.07) is 17.5. The molecule has 21 heavy (non-hydrogen) atoms. The molecule has 0 bridgehead atoms. The number of fused-ring (bicyclic) bond motifs is 1. The molecule has 0 saturated carbocycles. The minimum absolute atomic E-state index is 0.408. The Labute approximate surface area is 127 Å². The second-order valence-electron chi connectivity index (χ2n) is 5.62. The van der Waals surface area contributed by atoms with Gasteiger partial charge < -0.3 is 10.1 Å². The monoisotopic (exact) mass is 281 g/mol. The minimum atomic E-state index is 0.408. The number of hydrogen-bond acceptors (Lipinski definition) is 2. The molecule has 0 fully saturated rings. The van der Waals surface area contributed by atoms with Crippen molar-refractivity contribution in [2.24, 2.45) is 0 Å². The van der Waals surface area contributed by atoms with Crippen molar-refractivity contribution in [3.05, 3.63) is 54.1 Å². The van der Waals surface area contributed by atoms with E-state index >= 15 is 0 Å². The Kier molecular flexibility index (Phi) is 4.56. The van der Waals surface area contributed by atoms with Gasteiger partial charge in [-0.1, -0.05) is 43.3 Å². The Bertz CT molecular complexity index is 579. The molecule has 110 valence electrons. The van der Waals surface area contributed by atoms with Crippen LogP contribution in [0.25, 0.3) is 11.1 Å². The fourth-order valence-electron chi connectivity index (χ4n) is 2.92. The maximum atomic E-state index is 5.91. The lowest BCUT2D eigenvalue weighted by molar-refractivity contribution is 0.315. The number of benzene rings is 2. The van der Waals surface area contributed by atoms with Gasteiger partial charge in [0.15, 0.2) is 0 Å². The van der Waals surface area contributed by atoms with Crippen LogP contribution < -0.4 is 10.1 Å². The van der Waals surface area contributed by atoms with Gasteiger partial charge in [0.2, 0.25) is 0 Å². The molecule has 1 atom stereocenters. The predicted octanol–water partition coefficient (Wildman–Crippen LogP) is 4.57. The van der Waals surface area contributed by atoms with Crippen LogP contribution in [-0.4, -0.2) is 13.2 Å². The molecule has 0 saturated heterocycles. The summed E-state index contributed by atoms with van der Waals surface area (Å²) in [5, 5.41) is 3.67. The maximum Gasteiger partial charge on any atom is 0.124 e. The standard InChI is InChI=1S/C19H23NO/c1-2-12-20-18-9-6-13-21-19-11-10-16(14-17(18)19)15-7-4-3-5-8-15/h3-5,7-8,10-11,14,18,20H,2,6,9,12-13H2,1H3. The zero-order chi connectivity index (χ0) is 14.5. The fourth-order valence-corrected chi connectivity index (χ4v) is 2.92. The van der Waals surface area contributed by atoms with Crippen molar-refractivity contribution in [1.29, 1.82) is 0 Å². The van der Waals surface area contributed by atoms with Gasteiger partial charge in [0.1, 0.15) is 5.75 Å². The van der Waals surface area contributed by atoms with Gasteiger partial charge in [-0.15, -0.1) is 0 Å². The second kappa shape index (κ2) is 6.77. The molecule has 0 aromatic heterocycles. The number of hydrogen-bond donors (Lipinski definition) is 1. The summed E-state index contributed by atoms with van der Waals surface area (Å²) < 4.78 is 5.91. The zero-order valence-corrected chi connectivity index (χ0v) is 12.6. The smallest absolute Gasteiger partial charge is 0.124 e. The van der Waals surface area contributed by atoms with E-state index in [-0.39, 0.29) is 0 Å². The molecule has 2 nitrogen and oxygen atoms in total. The molecule has 1 unspecified atom stereocenters. The largest absolute Gasteiger partial charge is 0.493 e. The van der Waals surface area contributed by atoms with Gasteiger partial charge in [0.05, 0.1) is 6.61 Å². The van der Waals surface area contributed by atoms with Gasteiger partial charge in [0.25, 0.3) is 0 Å². The van der Waals surface area contributed by atoms with Gasteiger partial charge in [-0.3, -0.25) is 0 Å². The fraction of sp³-hybridized carbons (Fsp3) is 0.368. The lowest BCUT2D eigenvalue weighted by Crippen LogP contribution is -2.21. The van der Waals surface area contributed by atoms with E-state index < -0.39 is 0 Å². The maximum absolute atomic E-state index is 5.91. The Morgan fingerprint density at radius 3 is 2.76 bits per heavy atom. The summed E-state index contributed by atoms with van der Waals surface area (Å²) >= 11 is 0. The Morgan fingerprint density at radius 2 is 1.95 bits per heavy atom. The van der Waals surface area contributed by atoms with E-state index in [0.717, 1.165) is 38.2 Å². The van der Waals surface area contributed by atoms with Crippen LogP contribution in [0.5, 0.6) is 5.75 Å². The summed E-state index contributed by atoms with van der Waals surface area (Å²) in [6.07, 6.45) is 3.41. The first-order valence-electron chi connectivity index (χ1n) is 7.94. The molecule has 2 aromatic carbocycles. The van der Waals surface area contributed by atoms with E-state index in [2.05, 4.69) is 60.8 Å². The highest BCUT2D eigenvalue weighted by Crippen LogP contribution is 2.35. The molecule has 0 radical (unpaired) electrons. The summed E-state index contributed by atoms with van der Waals surface area (Å²) in [7, 11) is 0. The van der Waals surface area contributed by atoms with Crippen LogP contribution in [0.1, 0.15) is 37.8 Å². The average Bonchev–Trinajstić information content (AvgIpc) is 2.75. The van der Waals surface area contributed by atoms with E-state index in [1.165, 1.54) is 16.7 Å². The third kappa shape index (κ3) is 3.27. The van der Waals surface area contributed by atoms with E-state index in [1.54, 1.807) is 0 Å².